The predicted octanol–water partition coefficient (Wildman–Crippen LogP) is 1.81. The summed E-state index contributed by atoms with van der Waals surface area (Å²) >= 11 is 0. The van der Waals surface area contributed by atoms with Gasteiger partial charge in [0.05, 0.1) is 18.8 Å². The van der Waals surface area contributed by atoms with E-state index in [2.05, 4.69) is 34.5 Å². The second-order valence-corrected chi connectivity index (χ2v) is 4.91. The van der Waals surface area contributed by atoms with Crippen LogP contribution in [0.15, 0.2) is 29.4 Å². The summed E-state index contributed by atoms with van der Waals surface area (Å²) in [7, 11) is 0. The minimum absolute atomic E-state index is 0.570. The van der Waals surface area contributed by atoms with Gasteiger partial charge in [-0.15, -0.1) is 0 Å². The van der Waals surface area contributed by atoms with Gasteiger partial charge in [-0.2, -0.15) is 0 Å². The Hall–Kier alpha value is -1.62. The number of rotatable bonds is 8. The minimum atomic E-state index is 0.570. The first-order valence-electron chi connectivity index (χ1n) is 7.22. The standard InChI is InChI=1S/C15H26N4O/c1-4-16-15(18-9-10-20-12-13(2)3)19-11-14-7-5-6-8-17-14/h5-8,13H,4,9-12H2,1-3H3,(H2,16,18,19). The largest absolute Gasteiger partial charge is 0.379 e. The summed E-state index contributed by atoms with van der Waals surface area (Å²) < 4.78 is 5.53. The molecule has 0 bridgehead atoms. The third-order valence-electron chi connectivity index (χ3n) is 2.46. The number of nitrogens with zero attached hydrogens (tertiary/aromatic N) is 2. The molecule has 0 aliphatic carbocycles. The molecule has 20 heavy (non-hydrogen) atoms. The zero-order valence-electron chi connectivity index (χ0n) is 12.7. The van der Waals surface area contributed by atoms with Crippen molar-refractivity contribution in [2.45, 2.75) is 27.3 Å². The van der Waals surface area contributed by atoms with E-state index in [1.807, 2.05) is 25.1 Å². The lowest BCUT2D eigenvalue weighted by Crippen LogP contribution is -2.39. The fraction of sp³-hybridized carbons (Fsp3) is 0.600. The molecule has 1 aromatic rings. The summed E-state index contributed by atoms with van der Waals surface area (Å²) in [5.41, 5.74) is 0.959. The van der Waals surface area contributed by atoms with Crippen LogP contribution >= 0.6 is 0 Å². The van der Waals surface area contributed by atoms with Crippen LogP contribution in [0.4, 0.5) is 0 Å². The second-order valence-electron chi connectivity index (χ2n) is 4.91. The van der Waals surface area contributed by atoms with Gasteiger partial charge in [0.2, 0.25) is 0 Å². The van der Waals surface area contributed by atoms with Gasteiger partial charge in [-0.3, -0.25) is 4.98 Å². The molecule has 1 rings (SSSR count). The van der Waals surface area contributed by atoms with Gasteiger partial charge in [0.1, 0.15) is 0 Å². The Morgan fingerprint density at radius 3 is 2.85 bits per heavy atom. The Kier molecular flexibility index (Phi) is 8.38. The molecule has 112 valence electrons. The molecule has 0 fully saturated rings. The van der Waals surface area contributed by atoms with Crippen LogP contribution in [0.3, 0.4) is 0 Å². The van der Waals surface area contributed by atoms with Crippen molar-refractivity contribution in [3.05, 3.63) is 30.1 Å². The molecule has 5 nitrogen and oxygen atoms in total. The molecule has 0 saturated heterocycles. The van der Waals surface area contributed by atoms with Crippen molar-refractivity contribution in [2.24, 2.45) is 10.9 Å². The zero-order valence-corrected chi connectivity index (χ0v) is 12.7. The lowest BCUT2D eigenvalue weighted by Gasteiger charge is -2.12. The van der Waals surface area contributed by atoms with Crippen molar-refractivity contribution in [3.8, 4) is 0 Å². The van der Waals surface area contributed by atoms with Crippen LogP contribution < -0.4 is 10.6 Å². The number of hydrogen-bond acceptors (Lipinski definition) is 3. The van der Waals surface area contributed by atoms with Crippen LogP contribution in [0.5, 0.6) is 0 Å². The smallest absolute Gasteiger partial charge is 0.191 e. The predicted molar refractivity (Wildman–Crippen MR) is 82.7 cm³/mol. The number of aliphatic imine (C=N–C) groups is 1. The number of aromatic nitrogens is 1. The Balaban J connectivity index is 2.32. The number of ether oxygens (including phenoxy) is 1. The van der Waals surface area contributed by atoms with E-state index in [4.69, 9.17) is 4.74 Å². The van der Waals surface area contributed by atoms with Crippen molar-refractivity contribution in [3.63, 3.8) is 0 Å². The van der Waals surface area contributed by atoms with E-state index in [1.54, 1.807) is 6.20 Å². The van der Waals surface area contributed by atoms with Crippen molar-refractivity contribution in [1.29, 1.82) is 0 Å². The first-order chi connectivity index (χ1) is 9.72. The van der Waals surface area contributed by atoms with Crippen LogP contribution in [0, 0.1) is 5.92 Å². The Bertz CT molecular complexity index is 379. The van der Waals surface area contributed by atoms with E-state index in [0.717, 1.165) is 31.3 Å². The fourth-order valence-corrected chi connectivity index (χ4v) is 1.55. The van der Waals surface area contributed by atoms with Crippen molar-refractivity contribution >= 4 is 5.96 Å². The molecular weight excluding hydrogens is 252 g/mol. The van der Waals surface area contributed by atoms with E-state index < -0.39 is 0 Å². The lowest BCUT2D eigenvalue weighted by atomic mass is 10.2. The van der Waals surface area contributed by atoms with Crippen LogP contribution in [-0.4, -0.2) is 37.2 Å². The van der Waals surface area contributed by atoms with Gasteiger partial charge in [-0.25, -0.2) is 4.99 Å². The molecule has 0 amide bonds. The first kappa shape index (κ1) is 16.4. The van der Waals surface area contributed by atoms with E-state index in [-0.39, 0.29) is 0 Å². The topological polar surface area (TPSA) is 58.5 Å². The third-order valence-corrected chi connectivity index (χ3v) is 2.46. The highest BCUT2D eigenvalue weighted by molar-refractivity contribution is 5.79. The highest BCUT2D eigenvalue weighted by Gasteiger charge is 1.98. The second kappa shape index (κ2) is 10.2. The maximum atomic E-state index is 5.53. The van der Waals surface area contributed by atoms with Crippen LogP contribution in [0.1, 0.15) is 26.5 Å². The van der Waals surface area contributed by atoms with Crippen LogP contribution in [0.2, 0.25) is 0 Å². The molecule has 0 spiro atoms. The van der Waals surface area contributed by atoms with Gasteiger partial charge in [0, 0.05) is 25.9 Å². The number of nitrogens with one attached hydrogen (secondary N) is 2. The summed E-state index contributed by atoms with van der Waals surface area (Å²) in [6.07, 6.45) is 1.78. The Morgan fingerprint density at radius 2 is 2.20 bits per heavy atom. The molecule has 0 saturated carbocycles. The Morgan fingerprint density at radius 1 is 1.35 bits per heavy atom. The summed E-state index contributed by atoms with van der Waals surface area (Å²) in [6.45, 7) is 9.98. The summed E-state index contributed by atoms with van der Waals surface area (Å²) in [5.74, 6) is 1.37. The number of pyridine rings is 1. The third kappa shape index (κ3) is 7.74. The Labute approximate surface area is 121 Å². The minimum Gasteiger partial charge on any atom is -0.379 e. The maximum absolute atomic E-state index is 5.53. The van der Waals surface area contributed by atoms with Crippen LogP contribution in [-0.2, 0) is 11.3 Å². The van der Waals surface area contributed by atoms with Crippen molar-refractivity contribution in [2.75, 3.05) is 26.3 Å². The fourth-order valence-electron chi connectivity index (χ4n) is 1.55. The van der Waals surface area contributed by atoms with E-state index in [0.29, 0.717) is 19.1 Å². The average molecular weight is 278 g/mol. The summed E-state index contributed by atoms with van der Waals surface area (Å²) in [6, 6.07) is 5.85. The normalized spacial score (nSPS) is 11.7. The van der Waals surface area contributed by atoms with E-state index >= 15 is 0 Å². The van der Waals surface area contributed by atoms with E-state index in [9.17, 15) is 0 Å². The van der Waals surface area contributed by atoms with Gasteiger partial charge >= 0.3 is 0 Å². The molecule has 0 unspecified atom stereocenters. The lowest BCUT2D eigenvalue weighted by molar-refractivity contribution is 0.114. The highest BCUT2D eigenvalue weighted by atomic mass is 16.5. The molecule has 2 N–H and O–H groups in total. The van der Waals surface area contributed by atoms with Gasteiger partial charge < -0.3 is 15.4 Å². The highest BCUT2D eigenvalue weighted by Crippen LogP contribution is 1.95. The molecule has 1 heterocycles. The molecule has 0 aromatic carbocycles. The van der Waals surface area contributed by atoms with Gasteiger partial charge in [-0.05, 0) is 25.0 Å². The molecule has 1 aromatic heterocycles. The van der Waals surface area contributed by atoms with Gasteiger partial charge in [-0.1, -0.05) is 19.9 Å². The average Bonchev–Trinajstić information content (AvgIpc) is 2.45. The monoisotopic (exact) mass is 278 g/mol. The molecule has 0 radical (unpaired) electrons. The number of hydrogen-bond donors (Lipinski definition) is 2. The molecular formula is C15H26N4O. The van der Waals surface area contributed by atoms with E-state index in [1.165, 1.54) is 0 Å². The van der Waals surface area contributed by atoms with Gasteiger partial charge in [0.15, 0.2) is 5.96 Å². The van der Waals surface area contributed by atoms with Gasteiger partial charge in [0.25, 0.3) is 0 Å². The summed E-state index contributed by atoms with van der Waals surface area (Å²) in [5, 5.41) is 6.46. The summed E-state index contributed by atoms with van der Waals surface area (Å²) in [4.78, 5) is 8.75. The first-order valence-corrected chi connectivity index (χ1v) is 7.22. The van der Waals surface area contributed by atoms with Crippen molar-refractivity contribution in [1.82, 2.24) is 15.6 Å². The van der Waals surface area contributed by atoms with Crippen molar-refractivity contribution < 1.29 is 4.74 Å². The molecule has 0 aliphatic rings. The molecule has 0 aliphatic heterocycles. The quantitative estimate of drug-likeness (QED) is 0.432. The molecule has 5 heteroatoms. The molecule has 0 atom stereocenters. The van der Waals surface area contributed by atoms with Crippen LogP contribution in [0.25, 0.3) is 0 Å². The maximum Gasteiger partial charge on any atom is 0.191 e. The zero-order chi connectivity index (χ0) is 14.6. The SMILES string of the molecule is CCNC(=NCc1ccccn1)NCCOCC(C)C. The number of guanidine groups is 1.